The van der Waals surface area contributed by atoms with Gasteiger partial charge in [-0.2, -0.15) is 0 Å². The molecule has 1 saturated heterocycles. The van der Waals surface area contributed by atoms with Gasteiger partial charge in [-0.1, -0.05) is 6.92 Å². The smallest absolute Gasteiger partial charge is 0.125 e. The summed E-state index contributed by atoms with van der Waals surface area (Å²) < 4.78 is 13.9. The van der Waals surface area contributed by atoms with Crippen molar-refractivity contribution in [2.24, 2.45) is 0 Å². The van der Waals surface area contributed by atoms with Crippen LogP contribution in [0.25, 0.3) is 0 Å². The molecule has 1 aliphatic rings. The van der Waals surface area contributed by atoms with Crippen LogP contribution in [0.5, 0.6) is 0 Å². The molecule has 1 heterocycles. The summed E-state index contributed by atoms with van der Waals surface area (Å²) in [6.45, 7) is 11.2. The molecule has 21 heavy (non-hydrogen) atoms. The van der Waals surface area contributed by atoms with Gasteiger partial charge in [-0.25, -0.2) is 4.39 Å². The minimum atomic E-state index is -0.141. The maximum absolute atomic E-state index is 13.9. The first-order chi connectivity index (χ1) is 9.92. The average Bonchev–Trinajstić information content (AvgIpc) is 2.41. The van der Waals surface area contributed by atoms with Crippen LogP contribution in [0.1, 0.15) is 32.8 Å². The number of halogens is 1. The maximum atomic E-state index is 13.9. The van der Waals surface area contributed by atoms with E-state index in [4.69, 9.17) is 0 Å². The molecule has 1 fully saturated rings. The van der Waals surface area contributed by atoms with Crippen molar-refractivity contribution in [3.63, 3.8) is 0 Å². The Morgan fingerprint density at radius 2 is 2.00 bits per heavy atom. The van der Waals surface area contributed by atoms with Crippen molar-refractivity contribution in [1.82, 2.24) is 10.2 Å². The van der Waals surface area contributed by atoms with E-state index >= 15 is 0 Å². The second-order valence-electron chi connectivity index (χ2n) is 6.65. The van der Waals surface area contributed by atoms with Crippen LogP contribution in [0, 0.1) is 5.82 Å². The molecule has 1 N–H and O–H groups in total. The highest BCUT2D eigenvalue weighted by molar-refractivity contribution is 5.50. The molecule has 0 saturated carbocycles. The van der Waals surface area contributed by atoms with E-state index in [0.717, 1.165) is 50.4 Å². The third kappa shape index (κ3) is 4.17. The molecule has 0 bridgehead atoms. The molecule has 0 radical (unpaired) electrons. The summed E-state index contributed by atoms with van der Waals surface area (Å²) in [6.07, 6.45) is 1.09. The summed E-state index contributed by atoms with van der Waals surface area (Å²) in [5.41, 5.74) is 2.14. The van der Waals surface area contributed by atoms with E-state index in [1.807, 2.05) is 0 Å². The molecule has 0 atom stereocenters. The molecule has 4 heteroatoms. The molecular weight excluding hydrogens is 265 g/mol. The Bertz CT molecular complexity index is 473. The second kappa shape index (κ2) is 6.75. The number of hydrogen-bond acceptors (Lipinski definition) is 3. The van der Waals surface area contributed by atoms with Crippen LogP contribution < -0.4 is 10.2 Å². The zero-order valence-electron chi connectivity index (χ0n) is 13.7. The highest BCUT2D eigenvalue weighted by Crippen LogP contribution is 2.26. The Kier molecular flexibility index (Phi) is 5.22. The third-order valence-electron chi connectivity index (χ3n) is 4.38. The minimum Gasteiger partial charge on any atom is -0.368 e. The van der Waals surface area contributed by atoms with Crippen molar-refractivity contribution in [3.8, 4) is 0 Å². The first-order valence-electron chi connectivity index (χ1n) is 7.89. The third-order valence-corrected chi connectivity index (χ3v) is 4.38. The monoisotopic (exact) mass is 293 g/mol. The summed E-state index contributed by atoms with van der Waals surface area (Å²) in [5.74, 6) is -0.141. The van der Waals surface area contributed by atoms with Gasteiger partial charge < -0.3 is 10.2 Å². The van der Waals surface area contributed by atoms with Gasteiger partial charge in [0.1, 0.15) is 5.82 Å². The molecule has 1 aromatic rings. The van der Waals surface area contributed by atoms with Crippen LogP contribution in [0.3, 0.4) is 0 Å². The quantitative estimate of drug-likeness (QED) is 0.842. The van der Waals surface area contributed by atoms with E-state index in [2.05, 4.69) is 49.0 Å². The van der Waals surface area contributed by atoms with Crippen LogP contribution in [0.15, 0.2) is 18.2 Å². The Balaban J connectivity index is 2.12. The van der Waals surface area contributed by atoms with Crippen LogP contribution in [0.2, 0.25) is 0 Å². The van der Waals surface area contributed by atoms with Gasteiger partial charge in [0.05, 0.1) is 0 Å². The molecule has 0 aliphatic carbocycles. The van der Waals surface area contributed by atoms with Crippen LogP contribution in [-0.2, 0) is 6.54 Å². The molecule has 3 nitrogen and oxygen atoms in total. The molecule has 2 rings (SSSR count). The van der Waals surface area contributed by atoms with Crippen molar-refractivity contribution >= 4 is 5.69 Å². The minimum absolute atomic E-state index is 0.116. The summed E-state index contributed by atoms with van der Waals surface area (Å²) in [5, 5.41) is 3.34. The van der Waals surface area contributed by atoms with E-state index in [1.54, 1.807) is 12.1 Å². The number of likely N-dealkylation sites (N-methyl/N-ethyl adjacent to an activating group) is 1. The van der Waals surface area contributed by atoms with Gasteiger partial charge in [0.2, 0.25) is 0 Å². The van der Waals surface area contributed by atoms with Crippen molar-refractivity contribution in [2.75, 3.05) is 38.1 Å². The molecular formula is C17H28FN3. The van der Waals surface area contributed by atoms with Crippen LogP contribution >= 0.6 is 0 Å². The first kappa shape index (κ1) is 16.2. The SMILES string of the molecule is CCCNCc1cc(F)cc(N2CCN(C)C(C)(C)C2)c1. The van der Waals surface area contributed by atoms with E-state index in [1.165, 1.54) is 0 Å². The molecule has 0 aromatic heterocycles. The molecule has 1 aromatic carbocycles. The normalized spacial score (nSPS) is 19.0. The predicted molar refractivity (Wildman–Crippen MR) is 87.3 cm³/mol. The predicted octanol–water partition coefficient (Wildman–Crippen LogP) is 2.86. The Labute approximate surface area is 128 Å². The van der Waals surface area contributed by atoms with Gasteiger partial charge in [0, 0.05) is 37.4 Å². The van der Waals surface area contributed by atoms with E-state index in [9.17, 15) is 4.39 Å². The molecule has 118 valence electrons. The molecule has 0 unspecified atom stereocenters. The number of rotatable bonds is 5. The zero-order chi connectivity index (χ0) is 15.5. The lowest BCUT2D eigenvalue weighted by molar-refractivity contribution is 0.139. The largest absolute Gasteiger partial charge is 0.368 e. The van der Waals surface area contributed by atoms with Crippen LogP contribution in [0.4, 0.5) is 10.1 Å². The maximum Gasteiger partial charge on any atom is 0.125 e. The van der Waals surface area contributed by atoms with Gasteiger partial charge in [0.25, 0.3) is 0 Å². The fourth-order valence-electron chi connectivity index (χ4n) is 2.79. The number of benzene rings is 1. The number of nitrogens with zero attached hydrogens (tertiary/aromatic N) is 2. The number of piperazine rings is 1. The highest BCUT2D eigenvalue weighted by atomic mass is 19.1. The van der Waals surface area contributed by atoms with Crippen molar-refractivity contribution in [1.29, 1.82) is 0 Å². The second-order valence-corrected chi connectivity index (χ2v) is 6.65. The van der Waals surface area contributed by atoms with Crippen molar-refractivity contribution in [3.05, 3.63) is 29.6 Å². The van der Waals surface area contributed by atoms with E-state index in [0.29, 0.717) is 0 Å². The summed E-state index contributed by atoms with van der Waals surface area (Å²) >= 11 is 0. The molecule has 0 amide bonds. The lowest BCUT2D eigenvalue weighted by atomic mass is 9.99. The Hall–Kier alpha value is -1.13. The van der Waals surface area contributed by atoms with Gasteiger partial charge in [0.15, 0.2) is 0 Å². The average molecular weight is 293 g/mol. The summed E-state index contributed by atoms with van der Waals surface area (Å²) in [4.78, 5) is 4.67. The zero-order valence-corrected chi connectivity index (χ0v) is 13.7. The van der Waals surface area contributed by atoms with Gasteiger partial charge >= 0.3 is 0 Å². The van der Waals surface area contributed by atoms with Gasteiger partial charge in [-0.3, -0.25) is 4.90 Å². The summed E-state index contributed by atoms with van der Waals surface area (Å²) in [7, 11) is 2.16. The Morgan fingerprint density at radius 1 is 1.24 bits per heavy atom. The lowest BCUT2D eigenvalue weighted by Gasteiger charge is -2.46. The standard InChI is InChI=1S/C17H28FN3/c1-5-6-19-12-14-9-15(18)11-16(10-14)21-8-7-20(4)17(2,3)13-21/h9-11,19H,5-8,12-13H2,1-4H3. The molecule has 1 aliphatic heterocycles. The Morgan fingerprint density at radius 3 is 2.67 bits per heavy atom. The number of anilines is 1. The number of nitrogens with one attached hydrogen (secondary N) is 1. The molecule has 0 spiro atoms. The van der Waals surface area contributed by atoms with Crippen LogP contribution in [-0.4, -0.2) is 43.7 Å². The summed E-state index contributed by atoms with van der Waals surface area (Å²) in [6, 6.07) is 5.41. The van der Waals surface area contributed by atoms with Gasteiger partial charge in [-0.15, -0.1) is 0 Å². The first-order valence-corrected chi connectivity index (χ1v) is 7.89. The lowest BCUT2D eigenvalue weighted by Crippen LogP contribution is -2.57. The van der Waals surface area contributed by atoms with Crippen molar-refractivity contribution < 1.29 is 4.39 Å². The van der Waals surface area contributed by atoms with E-state index in [-0.39, 0.29) is 11.4 Å². The fourth-order valence-corrected chi connectivity index (χ4v) is 2.79. The van der Waals surface area contributed by atoms with Crippen molar-refractivity contribution in [2.45, 2.75) is 39.3 Å². The van der Waals surface area contributed by atoms with E-state index < -0.39 is 0 Å². The van der Waals surface area contributed by atoms with Gasteiger partial charge in [-0.05, 0) is 57.6 Å². The topological polar surface area (TPSA) is 18.5 Å². The number of hydrogen-bond donors (Lipinski definition) is 1. The highest BCUT2D eigenvalue weighted by Gasteiger charge is 2.31. The fraction of sp³-hybridized carbons (Fsp3) is 0.647.